The highest BCUT2D eigenvalue weighted by Gasteiger charge is 2.20. The van der Waals surface area contributed by atoms with Gasteiger partial charge in [0.1, 0.15) is 11.6 Å². The summed E-state index contributed by atoms with van der Waals surface area (Å²) >= 11 is 0. The zero-order valence-electron chi connectivity index (χ0n) is 19.2. The molecule has 176 valence electrons. The lowest BCUT2D eigenvalue weighted by atomic mass is 10.1. The minimum Gasteiger partial charge on any atom is -0.368 e. The van der Waals surface area contributed by atoms with Crippen LogP contribution in [0.25, 0.3) is 11.4 Å². The van der Waals surface area contributed by atoms with Crippen LogP contribution in [-0.2, 0) is 20.8 Å². The molecule has 0 atom stereocenters. The van der Waals surface area contributed by atoms with Crippen molar-refractivity contribution in [3.8, 4) is 11.4 Å². The molecule has 3 aromatic rings. The maximum Gasteiger partial charge on any atom is 0.315 e. The van der Waals surface area contributed by atoms with Gasteiger partial charge in [-0.3, -0.25) is 14.4 Å². The second-order valence-corrected chi connectivity index (χ2v) is 7.65. The van der Waals surface area contributed by atoms with E-state index < -0.39 is 11.8 Å². The van der Waals surface area contributed by atoms with Crippen molar-refractivity contribution in [2.24, 2.45) is 0 Å². The summed E-state index contributed by atoms with van der Waals surface area (Å²) < 4.78 is 0. The van der Waals surface area contributed by atoms with Crippen LogP contribution in [-0.4, -0.2) is 59.3 Å². The summed E-state index contributed by atoms with van der Waals surface area (Å²) in [5.41, 5.74) is 1.84. The average Bonchev–Trinajstić information content (AvgIpc) is 2.85. The van der Waals surface area contributed by atoms with Gasteiger partial charge >= 0.3 is 11.8 Å². The molecular weight excluding hydrogens is 432 g/mol. The summed E-state index contributed by atoms with van der Waals surface area (Å²) in [6.45, 7) is 2.69. The van der Waals surface area contributed by atoms with E-state index in [1.165, 1.54) is 11.8 Å². The van der Waals surface area contributed by atoms with Gasteiger partial charge in [0.25, 0.3) is 0 Å². The Morgan fingerprint density at radius 1 is 0.882 bits per heavy atom. The van der Waals surface area contributed by atoms with Gasteiger partial charge in [0, 0.05) is 45.2 Å². The van der Waals surface area contributed by atoms with Crippen LogP contribution in [0.4, 0.5) is 11.6 Å². The van der Waals surface area contributed by atoms with Gasteiger partial charge in [-0.25, -0.2) is 9.97 Å². The molecule has 1 aromatic heterocycles. The molecule has 3 rings (SSSR count). The number of likely N-dealkylation sites (N-methyl/N-ethyl adjacent to an activating group) is 1. The van der Waals surface area contributed by atoms with Gasteiger partial charge in [-0.05, 0) is 12.0 Å². The molecule has 3 N–H and O–H groups in total. The Bertz CT molecular complexity index is 1120. The number of hydrogen-bond acceptors (Lipinski definition) is 6. The zero-order chi connectivity index (χ0) is 24.3. The fourth-order valence-electron chi connectivity index (χ4n) is 3.13. The Labute approximate surface area is 198 Å². The Balaban J connectivity index is 1.69. The first-order valence-electron chi connectivity index (χ1n) is 11.0. The molecule has 0 aliphatic heterocycles. The van der Waals surface area contributed by atoms with Crippen molar-refractivity contribution in [1.82, 2.24) is 20.2 Å². The molecule has 0 aliphatic rings. The number of carbonyl (C=O) groups excluding carboxylic acids is 3. The van der Waals surface area contributed by atoms with Crippen LogP contribution in [0.3, 0.4) is 0 Å². The van der Waals surface area contributed by atoms with E-state index in [4.69, 9.17) is 0 Å². The van der Waals surface area contributed by atoms with Crippen LogP contribution in [0, 0.1) is 0 Å². The molecule has 0 fully saturated rings. The third-order valence-corrected chi connectivity index (χ3v) is 4.92. The van der Waals surface area contributed by atoms with Crippen LogP contribution in [0.2, 0.25) is 0 Å². The van der Waals surface area contributed by atoms with Gasteiger partial charge in [-0.15, -0.1) is 0 Å². The predicted octanol–water partition coefficient (Wildman–Crippen LogP) is 2.33. The summed E-state index contributed by atoms with van der Waals surface area (Å²) in [5, 5.41) is 8.39. The molecule has 0 aliphatic carbocycles. The molecule has 0 bridgehead atoms. The van der Waals surface area contributed by atoms with Gasteiger partial charge in [0.05, 0.1) is 0 Å². The molecule has 1 heterocycles. The number of nitrogens with one attached hydrogen (secondary N) is 3. The number of aromatic nitrogens is 2. The first-order valence-corrected chi connectivity index (χ1v) is 11.0. The van der Waals surface area contributed by atoms with Crippen LogP contribution in [0.15, 0.2) is 66.7 Å². The standard InChI is InChI=1S/C25H28N6O3/c1-18(32)26-14-15-27-21-17-22(29-23(28-21)20-11-7-4-8-12-20)30-24(33)25(34)31(2)16-13-19-9-5-3-6-10-19/h3-12,17H,13-16H2,1-2H3,(H,26,32)(H2,27,28,29,30,33). The summed E-state index contributed by atoms with van der Waals surface area (Å²) in [7, 11) is 1.59. The van der Waals surface area contributed by atoms with Gasteiger partial charge in [0.2, 0.25) is 5.91 Å². The zero-order valence-corrected chi connectivity index (χ0v) is 19.2. The molecule has 0 radical (unpaired) electrons. The van der Waals surface area contributed by atoms with Crippen molar-refractivity contribution in [2.75, 3.05) is 37.3 Å². The minimum atomic E-state index is -0.780. The maximum atomic E-state index is 12.6. The van der Waals surface area contributed by atoms with Crippen LogP contribution in [0.5, 0.6) is 0 Å². The maximum absolute atomic E-state index is 12.6. The van der Waals surface area contributed by atoms with Gasteiger partial charge in [-0.1, -0.05) is 60.7 Å². The van der Waals surface area contributed by atoms with Crippen LogP contribution in [0.1, 0.15) is 12.5 Å². The van der Waals surface area contributed by atoms with E-state index >= 15 is 0 Å². The van der Waals surface area contributed by atoms with E-state index in [9.17, 15) is 14.4 Å². The second-order valence-electron chi connectivity index (χ2n) is 7.65. The summed E-state index contributed by atoms with van der Waals surface area (Å²) in [5.74, 6) is -0.513. The fraction of sp³-hybridized carbons (Fsp3) is 0.240. The van der Waals surface area contributed by atoms with Crippen molar-refractivity contribution in [1.29, 1.82) is 0 Å². The highest BCUT2D eigenvalue weighted by molar-refractivity contribution is 6.39. The van der Waals surface area contributed by atoms with Gasteiger partial charge in [0.15, 0.2) is 5.82 Å². The summed E-state index contributed by atoms with van der Waals surface area (Å²) in [4.78, 5) is 46.6. The lowest BCUT2D eigenvalue weighted by molar-refractivity contribution is -0.142. The van der Waals surface area contributed by atoms with E-state index in [2.05, 4.69) is 25.9 Å². The van der Waals surface area contributed by atoms with Crippen molar-refractivity contribution in [3.05, 3.63) is 72.3 Å². The number of carbonyl (C=O) groups is 3. The number of benzene rings is 2. The number of nitrogens with zero attached hydrogens (tertiary/aromatic N) is 3. The van der Waals surface area contributed by atoms with E-state index in [1.807, 2.05) is 60.7 Å². The number of anilines is 2. The molecule has 9 nitrogen and oxygen atoms in total. The first-order chi connectivity index (χ1) is 16.4. The molecule has 9 heteroatoms. The molecule has 0 unspecified atom stereocenters. The van der Waals surface area contributed by atoms with Crippen molar-refractivity contribution in [3.63, 3.8) is 0 Å². The van der Waals surface area contributed by atoms with Crippen molar-refractivity contribution < 1.29 is 14.4 Å². The second kappa shape index (κ2) is 12.1. The highest BCUT2D eigenvalue weighted by Crippen LogP contribution is 2.20. The van der Waals surface area contributed by atoms with Crippen molar-refractivity contribution >= 4 is 29.4 Å². The monoisotopic (exact) mass is 460 g/mol. The third-order valence-electron chi connectivity index (χ3n) is 4.92. The van der Waals surface area contributed by atoms with E-state index in [-0.39, 0.29) is 11.7 Å². The van der Waals surface area contributed by atoms with Crippen LogP contribution < -0.4 is 16.0 Å². The third kappa shape index (κ3) is 7.40. The normalized spacial score (nSPS) is 10.3. The minimum absolute atomic E-state index is 0.127. The molecule has 0 saturated carbocycles. The molecule has 34 heavy (non-hydrogen) atoms. The molecule has 2 aromatic carbocycles. The van der Waals surface area contributed by atoms with Gasteiger partial charge in [-0.2, -0.15) is 0 Å². The Hall–Kier alpha value is -4.27. The van der Waals surface area contributed by atoms with E-state index in [0.717, 1.165) is 11.1 Å². The predicted molar refractivity (Wildman–Crippen MR) is 131 cm³/mol. The topological polar surface area (TPSA) is 116 Å². The highest BCUT2D eigenvalue weighted by atomic mass is 16.2. The number of amides is 3. The number of rotatable bonds is 9. The Kier molecular flexibility index (Phi) is 8.67. The molecule has 3 amide bonds. The largest absolute Gasteiger partial charge is 0.368 e. The molecule has 0 spiro atoms. The van der Waals surface area contributed by atoms with Gasteiger partial charge < -0.3 is 20.9 Å². The van der Waals surface area contributed by atoms with E-state index in [0.29, 0.717) is 37.7 Å². The lowest BCUT2D eigenvalue weighted by Gasteiger charge is -2.17. The molecular formula is C25H28N6O3. The SMILES string of the molecule is CC(=O)NCCNc1cc(NC(=O)C(=O)N(C)CCc2ccccc2)nc(-c2ccccc2)n1. The van der Waals surface area contributed by atoms with E-state index in [1.54, 1.807) is 13.1 Å². The smallest absolute Gasteiger partial charge is 0.315 e. The fourth-order valence-corrected chi connectivity index (χ4v) is 3.13. The lowest BCUT2D eigenvalue weighted by Crippen LogP contribution is -2.38. The summed E-state index contributed by atoms with van der Waals surface area (Å²) in [6.07, 6.45) is 0.643. The Morgan fingerprint density at radius 3 is 2.21 bits per heavy atom. The van der Waals surface area contributed by atoms with Crippen LogP contribution >= 0.6 is 0 Å². The Morgan fingerprint density at radius 2 is 1.53 bits per heavy atom. The first kappa shape index (κ1) is 24.4. The van der Waals surface area contributed by atoms with Crippen molar-refractivity contribution in [2.45, 2.75) is 13.3 Å². The molecule has 0 saturated heterocycles. The quantitative estimate of drug-likeness (QED) is 0.333. The summed E-state index contributed by atoms with van der Waals surface area (Å²) in [6, 6.07) is 20.6. The number of hydrogen-bond donors (Lipinski definition) is 3. The average molecular weight is 461 g/mol.